The molecule has 1 aliphatic rings. The van der Waals surface area contributed by atoms with Crippen LogP contribution in [0.2, 0.25) is 0 Å². The number of piperazine rings is 1. The topological polar surface area (TPSA) is 115 Å². The Kier molecular flexibility index (Phi) is 4.36. The molecule has 0 atom stereocenters. The van der Waals surface area contributed by atoms with E-state index in [1.165, 1.54) is 21.0 Å². The molecule has 1 saturated heterocycles. The molecule has 4 rings (SSSR count). The van der Waals surface area contributed by atoms with Gasteiger partial charge >= 0.3 is 5.76 Å². The predicted molar refractivity (Wildman–Crippen MR) is 94.9 cm³/mol. The molecular formula is C16H19N5O5S. The summed E-state index contributed by atoms with van der Waals surface area (Å²) in [6, 6.07) is 4.45. The van der Waals surface area contributed by atoms with Crippen LogP contribution in [-0.4, -0.2) is 65.6 Å². The van der Waals surface area contributed by atoms with E-state index < -0.39 is 15.8 Å². The summed E-state index contributed by atoms with van der Waals surface area (Å²) in [5.74, 6) is 0.124. The maximum Gasteiger partial charge on any atom is 0.420 e. The molecule has 144 valence electrons. The lowest BCUT2D eigenvalue weighted by Gasteiger charge is -2.31. The minimum Gasteiger partial charge on any atom is -0.408 e. The standard InChI is InChI=1S/C16H19N5O5S/c1-11-17-15(18-26-11)10-21-13-4-3-12(9-14(13)25-16(21)22)27(23,24)20-7-5-19(2)6-8-20/h3-4,9H,5-8,10H2,1-2H3. The number of sulfonamides is 1. The molecule has 0 N–H and O–H groups in total. The average molecular weight is 393 g/mol. The maximum absolute atomic E-state index is 12.9. The van der Waals surface area contributed by atoms with E-state index in [-0.39, 0.29) is 17.0 Å². The molecule has 0 radical (unpaired) electrons. The van der Waals surface area contributed by atoms with Crippen molar-refractivity contribution in [3.05, 3.63) is 40.5 Å². The second kappa shape index (κ2) is 6.59. The van der Waals surface area contributed by atoms with Gasteiger partial charge in [0.2, 0.25) is 15.9 Å². The fourth-order valence-corrected chi connectivity index (χ4v) is 4.52. The summed E-state index contributed by atoms with van der Waals surface area (Å²) in [5, 5.41) is 3.77. The lowest BCUT2D eigenvalue weighted by Crippen LogP contribution is -2.46. The maximum atomic E-state index is 12.9. The zero-order valence-corrected chi connectivity index (χ0v) is 15.8. The van der Waals surface area contributed by atoms with Crippen molar-refractivity contribution in [1.29, 1.82) is 0 Å². The zero-order valence-electron chi connectivity index (χ0n) is 15.0. The summed E-state index contributed by atoms with van der Waals surface area (Å²) < 4.78 is 38.7. The van der Waals surface area contributed by atoms with Crippen LogP contribution in [0.4, 0.5) is 0 Å². The first-order valence-electron chi connectivity index (χ1n) is 8.46. The van der Waals surface area contributed by atoms with Crippen LogP contribution in [0.3, 0.4) is 0 Å². The number of likely N-dealkylation sites (N-methyl/N-ethyl adjacent to an activating group) is 1. The molecule has 27 heavy (non-hydrogen) atoms. The fraction of sp³-hybridized carbons (Fsp3) is 0.438. The Balaban J connectivity index is 1.68. The highest BCUT2D eigenvalue weighted by molar-refractivity contribution is 7.89. The van der Waals surface area contributed by atoms with Crippen molar-refractivity contribution >= 4 is 21.1 Å². The van der Waals surface area contributed by atoms with Gasteiger partial charge < -0.3 is 13.8 Å². The number of rotatable bonds is 4. The number of aryl methyl sites for hydroxylation is 1. The van der Waals surface area contributed by atoms with Gasteiger partial charge in [-0.15, -0.1) is 0 Å². The highest BCUT2D eigenvalue weighted by atomic mass is 32.2. The van der Waals surface area contributed by atoms with Gasteiger partial charge in [0.25, 0.3) is 0 Å². The molecular weight excluding hydrogens is 374 g/mol. The summed E-state index contributed by atoms with van der Waals surface area (Å²) in [7, 11) is -1.68. The van der Waals surface area contributed by atoms with Crippen LogP contribution in [0.25, 0.3) is 11.1 Å². The van der Waals surface area contributed by atoms with Gasteiger partial charge in [-0.1, -0.05) is 5.16 Å². The van der Waals surface area contributed by atoms with Gasteiger partial charge in [0.15, 0.2) is 11.4 Å². The SMILES string of the molecule is Cc1nc(Cn2c(=O)oc3cc(S(=O)(=O)N4CCN(C)CC4)ccc32)no1. The van der Waals surface area contributed by atoms with Crippen molar-refractivity contribution in [2.45, 2.75) is 18.4 Å². The second-order valence-corrected chi connectivity index (χ2v) is 8.46. The van der Waals surface area contributed by atoms with Crippen molar-refractivity contribution in [3.63, 3.8) is 0 Å². The number of aromatic nitrogens is 3. The van der Waals surface area contributed by atoms with Gasteiger partial charge in [-0.3, -0.25) is 4.57 Å². The Morgan fingerprint density at radius 2 is 1.93 bits per heavy atom. The number of hydrogen-bond donors (Lipinski definition) is 0. The number of oxazole rings is 1. The molecule has 0 amide bonds. The van der Waals surface area contributed by atoms with E-state index in [2.05, 4.69) is 15.0 Å². The normalized spacial score (nSPS) is 17.0. The molecule has 0 unspecified atom stereocenters. The van der Waals surface area contributed by atoms with Crippen LogP contribution >= 0.6 is 0 Å². The van der Waals surface area contributed by atoms with E-state index in [0.717, 1.165) is 0 Å². The Morgan fingerprint density at radius 1 is 1.19 bits per heavy atom. The lowest BCUT2D eigenvalue weighted by molar-refractivity contribution is 0.222. The van der Waals surface area contributed by atoms with Crippen molar-refractivity contribution < 1.29 is 17.4 Å². The van der Waals surface area contributed by atoms with Crippen molar-refractivity contribution in [3.8, 4) is 0 Å². The van der Waals surface area contributed by atoms with Gasteiger partial charge in [0.1, 0.15) is 0 Å². The van der Waals surface area contributed by atoms with E-state index >= 15 is 0 Å². The lowest BCUT2D eigenvalue weighted by atomic mass is 10.3. The zero-order chi connectivity index (χ0) is 19.2. The van der Waals surface area contributed by atoms with Crippen LogP contribution in [0.1, 0.15) is 11.7 Å². The van der Waals surface area contributed by atoms with Crippen molar-refractivity contribution in [2.75, 3.05) is 33.2 Å². The van der Waals surface area contributed by atoms with Crippen LogP contribution in [0.5, 0.6) is 0 Å². The van der Waals surface area contributed by atoms with Gasteiger partial charge in [-0.05, 0) is 19.2 Å². The van der Waals surface area contributed by atoms with Gasteiger partial charge in [-0.25, -0.2) is 13.2 Å². The number of fused-ring (bicyclic) bond motifs is 1. The molecule has 0 spiro atoms. The van der Waals surface area contributed by atoms with Gasteiger partial charge in [0, 0.05) is 39.2 Å². The van der Waals surface area contributed by atoms with Crippen LogP contribution in [0.15, 0.2) is 36.8 Å². The molecule has 1 fully saturated rings. The minimum absolute atomic E-state index is 0.0771. The molecule has 1 aliphatic heterocycles. The molecule has 10 nitrogen and oxygen atoms in total. The van der Waals surface area contributed by atoms with Gasteiger partial charge in [-0.2, -0.15) is 9.29 Å². The monoisotopic (exact) mass is 393 g/mol. The first kappa shape index (κ1) is 17.9. The number of hydrogen-bond acceptors (Lipinski definition) is 8. The molecule has 0 aliphatic carbocycles. The number of benzene rings is 1. The first-order valence-corrected chi connectivity index (χ1v) is 9.90. The first-order chi connectivity index (χ1) is 12.8. The minimum atomic E-state index is -3.64. The number of nitrogens with zero attached hydrogens (tertiary/aromatic N) is 5. The Morgan fingerprint density at radius 3 is 2.59 bits per heavy atom. The largest absolute Gasteiger partial charge is 0.420 e. The quantitative estimate of drug-likeness (QED) is 0.620. The summed E-state index contributed by atoms with van der Waals surface area (Å²) in [5.41, 5.74) is 0.676. The van der Waals surface area contributed by atoms with Crippen molar-refractivity contribution in [2.24, 2.45) is 0 Å². The third kappa shape index (κ3) is 3.29. The summed E-state index contributed by atoms with van der Waals surface area (Å²) in [6.07, 6.45) is 0. The van der Waals surface area contributed by atoms with Gasteiger partial charge in [0.05, 0.1) is 17.0 Å². The van der Waals surface area contributed by atoms with E-state index in [0.29, 0.717) is 43.4 Å². The molecule has 0 bridgehead atoms. The highest BCUT2D eigenvalue weighted by Gasteiger charge is 2.28. The average Bonchev–Trinajstić information content (AvgIpc) is 3.18. The summed E-state index contributed by atoms with van der Waals surface area (Å²) in [4.78, 5) is 18.4. The van der Waals surface area contributed by atoms with Crippen LogP contribution < -0.4 is 5.76 Å². The molecule has 3 heterocycles. The molecule has 0 saturated carbocycles. The van der Waals surface area contributed by atoms with E-state index in [4.69, 9.17) is 8.94 Å². The predicted octanol–water partition coefficient (Wildman–Crippen LogP) is 0.270. The van der Waals surface area contributed by atoms with Crippen LogP contribution in [-0.2, 0) is 16.6 Å². The molecule has 2 aromatic heterocycles. The summed E-state index contributed by atoms with van der Waals surface area (Å²) >= 11 is 0. The second-order valence-electron chi connectivity index (χ2n) is 6.52. The Bertz CT molecular complexity index is 1140. The summed E-state index contributed by atoms with van der Waals surface area (Å²) in [6.45, 7) is 3.95. The Hall–Kier alpha value is -2.50. The molecule has 11 heteroatoms. The molecule has 1 aromatic carbocycles. The third-order valence-electron chi connectivity index (χ3n) is 4.61. The Labute approximate surface area is 155 Å². The highest BCUT2D eigenvalue weighted by Crippen LogP contribution is 2.22. The van der Waals surface area contributed by atoms with Crippen molar-refractivity contribution in [1.82, 2.24) is 23.9 Å². The van der Waals surface area contributed by atoms with E-state index in [1.54, 1.807) is 13.0 Å². The van der Waals surface area contributed by atoms with E-state index in [9.17, 15) is 13.2 Å². The van der Waals surface area contributed by atoms with E-state index in [1.807, 2.05) is 7.05 Å². The molecule has 3 aromatic rings. The van der Waals surface area contributed by atoms with Crippen LogP contribution in [0, 0.1) is 6.92 Å². The third-order valence-corrected chi connectivity index (χ3v) is 6.50. The smallest absolute Gasteiger partial charge is 0.408 e. The fourth-order valence-electron chi connectivity index (χ4n) is 3.08.